The van der Waals surface area contributed by atoms with Crippen molar-refractivity contribution in [3.63, 3.8) is 0 Å². The average molecular weight is 257 g/mol. The van der Waals surface area contributed by atoms with Crippen LogP contribution in [0.2, 0.25) is 0 Å². The average Bonchev–Trinajstić information content (AvgIpc) is 3.01. The van der Waals surface area contributed by atoms with Crippen LogP contribution in [0.3, 0.4) is 0 Å². The van der Waals surface area contributed by atoms with Gasteiger partial charge in [0.2, 0.25) is 0 Å². The molecule has 3 N–H and O–H groups in total. The van der Waals surface area contributed by atoms with Crippen LogP contribution in [0.15, 0.2) is 34.9 Å². The lowest BCUT2D eigenvalue weighted by Gasteiger charge is -2.07. The molecule has 0 spiro atoms. The minimum atomic E-state index is -0.0780. The van der Waals surface area contributed by atoms with Crippen molar-refractivity contribution >= 4 is 16.9 Å². The first kappa shape index (κ1) is 11.6. The van der Waals surface area contributed by atoms with Crippen LogP contribution < -0.4 is 5.32 Å². The van der Waals surface area contributed by atoms with Crippen LogP contribution in [0.25, 0.3) is 10.9 Å². The number of aromatic amines is 1. The molecule has 98 valence electrons. The molecule has 5 nitrogen and oxygen atoms in total. The summed E-state index contributed by atoms with van der Waals surface area (Å²) in [5, 5.41) is 13.8. The number of anilines is 1. The molecule has 0 radical (unpaired) electrons. The fourth-order valence-corrected chi connectivity index (χ4v) is 2.31. The topological polar surface area (TPSA) is 74.1 Å². The number of aromatic hydroxyl groups is 1. The van der Waals surface area contributed by atoms with Crippen molar-refractivity contribution < 1.29 is 9.52 Å². The summed E-state index contributed by atoms with van der Waals surface area (Å²) in [7, 11) is 1.70. The van der Waals surface area contributed by atoms with Gasteiger partial charge in [0.25, 0.3) is 11.9 Å². The van der Waals surface area contributed by atoms with E-state index in [0.29, 0.717) is 11.8 Å². The van der Waals surface area contributed by atoms with Crippen LogP contribution >= 0.6 is 0 Å². The predicted octanol–water partition coefficient (Wildman–Crippen LogP) is 3.06. The molecule has 2 heterocycles. The number of nitrogens with zero attached hydrogens (tertiary/aromatic N) is 1. The SMILES string of the molecule is CNc1nc(O)c(C(C)c2c[nH]c3ccccc23)o1. The van der Waals surface area contributed by atoms with E-state index in [0.717, 1.165) is 16.5 Å². The number of oxazole rings is 1. The van der Waals surface area contributed by atoms with Crippen LogP contribution in [0.4, 0.5) is 6.01 Å². The summed E-state index contributed by atoms with van der Waals surface area (Å²) >= 11 is 0. The highest BCUT2D eigenvalue weighted by molar-refractivity contribution is 5.84. The van der Waals surface area contributed by atoms with Gasteiger partial charge >= 0.3 is 0 Å². The maximum Gasteiger partial charge on any atom is 0.297 e. The minimum absolute atomic E-state index is 0.0675. The molecule has 19 heavy (non-hydrogen) atoms. The molecule has 0 aliphatic heterocycles. The molecule has 3 rings (SSSR count). The van der Waals surface area contributed by atoms with E-state index >= 15 is 0 Å². The van der Waals surface area contributed by atoms with Crippen molar-refractivity contribution in [3.05, 3.63) is 41.8 Å². The van der Waals surface area contributed by atoms with E-state index < -0.39 is 0 Å². The molecule has 0 aliphatic rings. The molecule has 2 aromatic heterocycles. The van der Waals surface area contributed by atoms with Crippen LogP contribution in [0.5, 0.6) is 5.88 Å². The number of aromatic nitrogens is 2. The van der Waals surface area contributed by atoms with E-state index in [1.54, 1.807) is 7.05 Å². The van der Waals surface area contributed by atoms with Crippen LogP contribution in [0, 0.1) is 0 Å². The minimum Gasteiger partial charge on any atom is -0.491 e. The van der Waals surface area contributed by atoms with Gasteiger partial charge in [-0.15, -0.1) is 0 Å². The number of hydrogen-bond acceptors (Lipinski definition) is 4. The van der Waals surface area contributed by atoms with Gasteiger partial charge in [-0.3, -0.25) is 0 Å². The normalized spacial score (nSPS) is 12.7. The Morgan fingerprint density at radius 2 is 2.16 bits per heavy atom. The van der Waals surface area contributed by atoms with E-state index in [9.17, 15) is 5.11 Å². The summed E-state index contributed by atoms with van der Waals surface area (Å²) in [6, 6.07) is 8.36. The number of H-pyrrole nitrogens is 1. The van der Waals surface area contributed by atoms with Crippen molar-refractivity contribution in [2.75, 3.05) is 12.4 Å². The van der Waals surface area contributed by atoms with Gasteiger partial charge in [0.1, 0.15) is 0 Å². The summed E-state index contributed by atoms with van der Waals surface area (Å²) < 4.78 is 5.51. The molecule has 1 atom stereocenters. The first-order chi connectivity index (χ1) is 9.20. The zero-order chi connectivity index (χ0) is 13.4. The zero-order valence-corrected chi connectivity index (χ0v) is 10.8. The molecule has 0 aliphatic carbocycles. The fourth-order valence-electron chi connectivity index (χ4n) is 2.31. The van der Waals surface area contributed by atoms with Gasteiger partial charge in [-0.05, 0) is 11.6 Å². The summed E-state index contributed by atoms with van der Waals surface area (Å²) in [4.78, 5) is 7.13. The van der Waals surface area contributed by atoms with Gasteiger partial charge in [0, 0.05) is 30.1 Å². The highest BCUT2D eigenvalue weighted by atomic mass is 16.4. The molecule has 1 unspecified atom stereocenters. The van der Waals surface area contributed by atoms with Gasteiger partial charge in [-0.25, -0.2) is 0 Å². The van der Waals surface area contributed by atoms with Gasteiger partial charge < -0.3 is 19.8 Å². The molecule has 5 heteroatoms. The quantitative estimate of drug-likeness (QED) is 0.674. The van der Waals surface area contributed by atoms with Crippen LogP contribution in [-0.2, 0) is 0 Å². The molecule has 3 aromatic rings. The number of rotatable bonds is 3. The second kappa shape index (κ2) is 4.35. The van der Waals surface area contributed by atoms with E-state index in [4.69, 9.17) is 4.42 Å². The third-order valence-corrected chi connectivity index (χ3v) is 3.33. The Balaban J connectivity index is 2.08. The monoisotopic (exact) mass is 257 g/mol. The number of nitrogens with one attached hydrogen (secondary N) is 2. The van der Waals surface area contributed by atoms with E-state index in [1.165, 1.54) is 0 Å². The number of fused-ring (bicyclic) bond motifs is 1. The van der Waals surface area contributed by atoms with Crippen molar-refractivity contribution in [2.24, 2.45) is 0 Å². The molecule has 0 saturated heterocycles. The second-order valence-corrected chi connectivity index (χ2v) is 4.47. The summed E-state index contributed by atoms with van der Waals surface area (Å²) in [5.41, 5.74) is 2.14. The summed E-state index contributed by atoms with van der Waals surface area (Å²) in [6.45, 7) is 1.98. The van der Waals surface area contributed by atoms with Crippen LogP contribution in [-0.4, -0.2) is 22.1 Å². The Labute approximate surface area is 110 Å². The Morgan fingerprint density at radius 3 is 2.89 bits per heavy atom. The molecule has 0 fully saturated rings. The number of benzene rings is 1. The molecule has 0 amide bonds. The van der Waals surface area contributed by atoms with Gasteiger partial charge in [0.15, 0.2) is 5.76 Å². The van der Waals surface area contributed by atoms with E-state index in [1.807, 2.05) is 37.4 Å². The lowest BCUT2D eigenvalue weighted by molar-refractivity contribution is 0.421. The third kappa shape index (κ3) is 1.83. The Morgan fingerprint density at radius 1 is 1.37 bits per heavy atom. The van der Waals surface area contributed by atoms with E-state index in [2.05, 4.69) is 15.3 Å². The maximum atomic E-state index is 9.85. The molecule has 1 aromatic carbocycles. The second-order valence-electron chi connectivity index (χ2n) is 4.47. The Hall–Kier alpha value is -2.43. The highest BCUT2D eigenvalue weighted by Gasteiger charge is 2.22. The molecule has 0 bridgehead atoms. The Bertz CT molecular complexity index is 714. The van der Waals surface area contributed by atoms with Crippen molar-refractivity contribution in [1.82, 2.24) is 9.97 Å². The van der Waals surface area contributed by atoms with Crippen LogP contribution in [0.1, 0.15) is 24.2 Å². The Kier molecular flexibility index (Phi) is 2.67. The van der Waals surface area contributed by atoms with Gasteiger partial charge in [0.05, 0.1) is 0 Å². The van der Waals surface area contributed by atoms with Crippen molar-refractivity contribution in [3.8, 4) is 5.88 Å². The predicted molar refractivity (Wildman–Crippen MR) is 73.5 cm³/mol. The molecular formula is C14H15N3O2. The third-order valence-electron chi connectivity index (χ3n) is 3.33. The fraction of sp³-hybridized carbons (Fsp3) is 0.214. The standard InChI is InChI=1S/C14H15N3O2/c1-8(12-13(18)17-14(15-2)19-12)10-7-16-11-6-4-3-5-9(10)11/h3-8,16,18H,1-2H3,(H,15,17). The van der Waals surface area contributed by atoms with Gasteiger partial charge in [-0.1, -0.05) is 25.1 Å². The first-order valence-electron chi connectivity index (χ1n) is 6.14. The summed E-state index contributed by atoms with van der Waals surface area (Å²) in [5.74, 6) is 0.321. The van der Waals surface area contributed by atoms with Crippen molar-refractivity contribution in [2.45, 2.75) is 12.8 Å². The molecular weight excluding hydrogens is 242 g/mol. The number of para-hydroxylation sites is 1. The maximum absolute atomic E-state index is 9.85. The van der Waals surface area contributed by atoms with Gasteiger partial charge in [-0.2, -0.15) is 4.98 Å². The van der Waals surface area contributed by atoms with Crippen molar-refractivity contribution in [1.29, 1.82) is 0 Å². The molecule has 0 saturated carbocycles. The number of hydrogen-bond donors (Lipinski definition) is 3. The highest BCUT2D eigenvalue weighted by Crippen LogP contribution is 2.35. The smallest absolute Gasteiger partial charge is 0.297 e. The first-order valence-corrected chi connectivity index (χ1v) is 6.14. The lowest BCUT2D eigenvalue weighted by atomic mass is 9.98. The lowest BCUT2D eigenvalue weighted by Crippen LogP contribution is -1.93. The largest absolute Gasteiger partial charge is 0.491 e. The summed E-state index contributed by atoms with van der Waals surface area (Å²) in [6.07, 6.45) is 1.94. The van der Waals surface area contributed by atoms with E-state index in [-0.39, 0.29) is 11.8 Å². The zero-order valence-electron chi connectivity index (χ0n) is 10.8.